The van der Waals surface area contributed by atoms with Crippen LogP contribution in [0.25, 0.3) is 11.3 Å². The molecule has 0 aliphatic rings. The molecule has 1 aromatic carbocycles. The summed E-state index contributed by atoms with van der Waals surface area (Å²) in [6.07, 6.45) is 1.71. The number of aromatic nitrogens is 1. The number of hydrogen-bond donors (Lipinski definition) is 1. The highest BCUT2D eigenvalue weighted by atomic mass is 32.1. The lowest BCUT2D eigenvalue weighted by Gasteiger charge is -2.02. The van der Waals surface area contributed by atoms with E-state index in [4.69, 9.17) is 5.73 Å². The fourth-order valence-electron chi connectivity index (χ4n) is 1.78. The second-order valence-corrected chi connectivity index (χ2v) is 5.67. The van der Waals surface area contributed by atoms with Crippen molar-refractivity contribution in [1.29, 1.82) is 0 Å². The molecule has 1 atom stereocenters. The Morgan fingerprint density at radius 1 is 1.37 bits per heavy atom. The van der Waals surface area contributed by atoms with Crippen molar-refractivity contribution < 1.29 is 4.79 Å². The molecule has 0 saturated carbocycles. The van der Waals surface area contributed by atoms with E-state index in [1.54, 1.807) is 11.3 Å². The molecule has 0 aliphatic heterocycles. The van der Waals surface area contributed by atoms with E-state index < -0.39 is 0 Å². The fourth-order valence-corrected chi connectivity index (χ4v) is 2.61. The van der Waals surface area contributed by atoms with Gasteiger partial charge in [-0.25, -0.2) is 4.98 Å². The first kappa shape index (κ1) is 13.9. The number of ketones is 1. The zero-order chi connectivity index (χ0) is 13.7. The number of nitrogens with zero attached hydrogens (tertiary/aromatic N) is 1. The Morgan fingerprint density at radius 3 is 2.79 bits per heavy atom. The lowest BCUT2D eigenvalue weighted by Crippen LogP contribution is -2.16. The summed E-state index contributed by atoms with van der Waals surface area (Å²) < 4.78 is 0. The molecule has 2 N–H and O–H groups in total. The molecule has 0 fully saturated rings. The van der Waals surface area contributed by atoms with Crippen LogP contribution in [-0.4, -0.2) is 16.8 Å². The van der Waals surface area contributed by atoms with Gasteiger partial charge in [0, 0.05) is 23.4 Å². The Labute approximate surface area is 117 Å². The van der Waals surface area contributed by atoms with Crippen LogP contribution in [0.1, 0.15) is 24.8 Å². The van der Waals surface area contributed by atoms with E-state index in [1.807, 2.05) is 42.6 Å². The van der Waals surface area contributed by atoms with Crippen LogP contribution >= 0.6 is 11.3 Å². The molecule has 0 amide bonds. The number of Topliss-reactive ketones (excluding diaryl/α,β-unsaturated/α-hetero) is 1. The van der Waals surface area contributed by atoms with Gasteiger partial charge in [0.15, 0.2) is 0 Å². The van der Waals surface area contributed by atoms with Crippen LogP contribution in [0.2, 0.25) is 0 Å². The zero-order valence-corrected chi connectivity index (χ0v) is 11.8. The molecule has 3 nitrogen and oxygen atoms in total. The third-order valence-corrected chi connectivity index (χ3v) is 3.70. The Balaban J connectivity index is 1.96. The summed E-state index contributed by atoms with van der Waals surface area (Å²) in [7, 11) is 0. The number of thiazole rings is 1. The Morgan fingerprint density at radius 2 is 2.11 bits per heavy atom. The molecule has 1 unspecified atom stereocenters. The molecular formula is C15H18N2OS. The van der Waals surface area contributed by atoms with Crippen LogP contribution in [0.5, 0.6) is 0 Å². The van der Waals surface area contributed by atoms with E-state index in [2.05, 4.69) is 4.98 Å². The van der Waals surface area contributed by atoms with Crippen LogP contribution in [-0.2, 0) is 11.2 Å². The number of benzene rings is 1. The number of carbonyl (C=O) groups is 1. The highest BCUT2D eigenvalue weighted by Crippen LogP contribution is 2.22. The summed E-state index contributed by atoms with van der Waals surface area (Å²) >= 11 is 1.54. The first-order valence-electron chi connectivity index (χ1n) is 6.42. The van der Waals surface area contributed by atoms with E-state index in [0.29, 0.717) is 12.8 Å². The van der Waals surface area contributed by atoms with Gasteiger partial charge in [-0.3, -0.25) is 4.79 Å². The van der Waals surface area contributed by atoms with E-state index >= 15 is 0 Å². The predicted octanol–water partition coefficient (Wildman–Crippen LogP) is 3.05. The minimum absolute atomic E-state index is 0.0834. The van der Waals surface area contributed by atoms with Crippen LogP contribution in [0.3, 0.4) is 0 Å². The maximum Gasteiger partial charge on any atom is 0.139 e. The molecule has 0 saturated heterocycles. The van der Waals surface area contributed by atoms with Crippen LogP contribution in [0.15, 0.2) is 35.7 Å². The lowest BCUT2D eigenvalue weighted by atomic mass is 10.1. The number of carbonyl (C=O) groups excluding carboxylic acids is 1. The second-order valence-electron chi connectivity index (χ2n) is 4.72. The van der Waals surface area contributed by atoms with Gasteiger partial charge in [0.2, 0.25) is 0 Å². The first-order chi connectivity index (χ1) is 9.15. The van der Waals surface area contributed by atoms with Crippen molar-refractivity contribution in [2.24, 2.45) is 5.73 Å². The smallest absolute Gasteiger partial charge is 0.139 e. The summed E-state index contributed by atoms with van der Waals surface area (Å²) in [5.41, 5.74) is 7.68. The van der Waals surface area contributed by atoms with Gasteiger partial charge in [0.1, 0.15) is 10.8 Å². The van der Waals surface area contributed by atoms with Crippen molar-refractivity contribution in [3.63, 3.8) is 0 Å². The second kappa shape index (κ2) is 6.59. The van der Waals surface area contributed by atoms with Crippen LogP contribution in [0, 0.1) is 0 Å². The first-order valence-corrected chi connectivity index (χ1v) is 7.30. The summed E-state index contributed by atoms with van der Waals surface area (Å²) in [6, 6.07) is 10.1. The van der Waals surface area contributed by atoms with Crippen molar-refractivity contribution in [1.82, 2.24) is 4.98 Å². The summed E-state index contributed by atoms with van der Waals surface area (Å²) in [6.45, 7) is 1.92. The maximum absolute atomic E-state index is 11.8. The van der Waals surface area contributed by atoms with Gasteiger partial charge in [0.25, 0.3) is 0 Å². The molecule has 1 aromatic heterocycles. The van der Waals surface area contributed by atoms with Crippen molar-refractivity contribution in [3.05, 3.63) is 40.7 Å². The molecule has 2 aromatic rings. The maximum atomic E-state index is 11.8. The molecule has 100 valence electrons. The molecule has 4 heteroatoms. The normalized spacial score (nSPS) is 12.3. The predicted molar refractivity (Wildman–Crippen MR) is 79.1 cm³/mol. The highest BCUT2D eigenvalue weighted by molar-refractivity contribution is 7.10. The number of rotatable bonds is 6. The number of nitrogens with two attached hydrogens (primary N) is 1. The van der Waals surface area contributed by atoms with Crippen molar-refractivity contribution in [2.75, 3.05) is 0 Å². The lowest BCUT2D eigenvalue weighted by molar-refractivity contribution is -0.118. The van der Waals surface area contributed by atoms with E-state index in [-0.39, 0.29) is 11.8 Å². The minimum Gasteiger partial charge on any atom is -0.328 e. The molecule has 0 spiro atoms. The molecule has 0 bridgehead atoms. The third-order valence-electron chi connectivity index (χ3n) is 2.85. The third kappa shape index (κ3) is 4.26. The molecule has 0 aliphatic carbocycles. The zero-order valence-electron chi connectivity index (χ0n) is 11.0. The Kier molecular flexibility index (Phi) is 4.82. The van der Waals surface area contributed by atoms with Crippen LogP contribution in [0.4, 0.5) is 0 Å². The van der Waals surface area contributed by atoms with Crippen molar-refractivity contribution >= 4 is 17.1 Å². The van der Waals surface area contributed by atoms with Gasteiger partial charge in [-0.2, -0.15) is 0 Å². The summed E-state index contributed by atoms with van der Waals surface area (Å²) in [4.78, 5) is 16.3. The minimum atomic E-state index is 0.0834. The SMILES string of the molecule is CC(N)CCC(=O)Cc1nc(-c2ccccc2)cs1. The van der Waals surface area contributed by atoms with Crippen LogP contribution < -0.4 is 5.73 Å². The van der Waals surface area contributed by atoms with Gasteiger partial charge >= 0.3 is 0 Å². The molecule has 19 heavy (non-hydrogen) atoms. The van der Waals surface area contributed by atoms with Gasteiger partial charge in [-0.1, -0.05) is 30.3 Å². The van der Waals surface area contributed by atoms with Gasteiger partial charge in [-0.05, 0) is 13.3 Å². The molecular weight excluding hydrogens is 256 g/mol. The van der Waals surface area contributed by atoms with Gasteiger partial charge in [-0.15, -0.1) is 11.3 Å². The topological polar surface area (TPSA) is 56.0 Å². The fraction of sp³-hybridized carbons (Fsp3) is 0.333. The average molecular weight is 274 g/mol. The van der Waals surface area contributed by atoms with Gasteiger partial charge < -0.3 is 5.73 Å². The molecule has 2 rings (SSSR count). The highest BCUT2D eigenvalue weighted by Gasteiger charge is 2.09. The summed E-state index contributed by atoms with van der Waals surface area (Å²) in [5, 5.41) is 2.89. The van der Waals surface area contributed by atoms with Crippen molar-refractivity contribution in [2.45, 2.75) is 32.2 Å². The largest absolute Gasteiger partial charge is 0.328 e. The van der Waals surface area contributed by atoms with E-state index in [9.17, 15) is 4.79 Å². The van der Waals surface area contributed by atoms with E-state index in [1.165, 1.54) is 0 Å². The Hall–Kier alpha value is -1.52. The standard InChI is InChI=1S/C15H18N2OS/c1-11(16)7-8-13(18)9-15-17-14(10-19-15)12-5-3-2-4-6-12/h2-6,10-11H,7-9,16H2,1H3. The summed E-state index contributed by atoms with van der Waals surface area (Å²) in [5.74, 6) is 0.214. The van der Waals surface area contributed by atoms with Crippen molar-refractivity contribution in [3.8, 4) is 11.3 Å². The molecule has 0 radical (unpaired) electrons. The Bertz CT molecular complexity index is 534. The van der Waals surface area contributed by atoms with Gasteiger partial charge in [0.05, 0.1) is 12.1 Å². The quantitative estimate of drug-likeness (QED) is 0.880. The molecule has 1 heterocycles. The monoisotopic (exact) mass is 274 g/mol. The number of hydrogen-bond acceptors (Lipinski definition) is 4. The average Bonchev–Trinajstić information content (AvgIpc) is 2.86. The van der Waals surface area contributed by atoms with E-state index in [0.717, 1.165) is 22.7 Å².